The molecule has 7 nitrogen and oxygen atoms in total. The average Bonchev–Trinajstić information content (AvgIpc) is 3.30. The molecule has 1 aromatic heterocycles. The molecular formula is C28H26FN5O2. The molecule has 2 atom stereocenters. The van der Waals surface area contributed by atoms with E-state index in [1.165, 1.54) is 23.8 Å². The smallest absolute Gasteiger partial charge is 0.250 e. The first-order valence-electron chi connectivity index (χ1n) is 11.7. The Morgan fingerprint density at radius 3 is 2.56 bits per heavy atom. The Morgan fingerprint density at radius 1 is 1.08 bits per heavy atom. The predicted molar refractivity (Wildman–Crippen MR) is 137 cm³/mol. The standard InChI is InChI=1S/C28H26FN5O2/c1-18-7-9-19(10-8-18)23-17-24(20-11-14-22(29)15-12-20)34-28(30-23)32-27(33-34)31-26(35)16-13-21-5-3-4-6-25(21)36-2/h3-16,23-24H,17H2,1-2H3,(H2,30,31,32,33,35)/b16-13+/t23-,24+/m1/s1. The molecule has 5 rings (SSSR count). The monoisotopic (exact) mass is 483 g/mol. The van der Waals surface area contributed by atoms with E-state index in [4.69, 9.17) is 4.74 Å². The SMILES string of the molecule is COc1ccccc1/C=C/C(=O)Nc1nc2n(n1)[C@H](c1ccc(F)cc1)C[C@H](c1ccc(C)cc1)N2. The van der Waals surface area contributed by atoms with Crippen molar-refractivity contribution in [3.05, 3.63) is 107 Å². The Kier molecular flexibility index (Phi) is 6.49. The van der Waals surface area contributed by atoms with Crippen LogP contribution < -0.4 is 15.4 Å². The molecule has 0 fully saturated rings. The van der Waals surface area contributed by atoms with Crippen LogP contribution >= 0.6 is 0 Å². The topological polar surface area (TPSA) is 81.1 Å². The number of hydrogen-bond donors (Lipinski definition) is 2. The summed E-state index contributed by atoms with van der Waals surface area (Å²) in [4.78, 5) is 17.2. The molecule has 4 aromatic rings. The number of para-hydroxylation sites is 1. The molecular weight excluding hydrogens is 457 g/mol. The van der Waals surface area contributed by atoms with Crippen molar-refractivity contribution in [3.63, 3.8) is 0 Å². The van der Waals surface area contributed by atoms with Crippen LogP contribution in [-0.2, 0) is 4.79 Å². The summed E-state index contributed by atoms with van der Waals surface area (Å²) in [6.07, 6.45) is 3.78. The first kappa shape index (κ1) is 23.3. The summed E-state index contributed by atoms with van der Waals surface area (Å²) in [5.41, 5.74) is 3.99. The number of fused-ring (bicyclic) bond motifs is 1. The number of nitrogens with one attached hydrogen (secondary N) is 2. The van der Waals surface area contributed by atoms with Crippen LogP contribution in [0.15, 0.2) is 78.9 Å². The zero-order valence-corrected chi connectivity index (χ0v) is 20.0. The number of aryl methyl sites for hydroxylation is 1. The van der Waals surface area contributed by atoms with Crippen molar-refractivity contribution < 1.29 is 13.9 Å². The lowest BCUT2D eigenvalue weighted by molar-refractivity contribution is -0.111. The quantitative estimate of drug-likeness (QED) is 0.352. The van der Waals surface area contributed by atoms with Crippen molar-refractivity contribution in [2.75, 3.05) is 17.7 Å². The number of ether oxygens (including phenoxy) is 1. The van der Waals surface area contributed by atoms with Crippen LogP contribution in [0.4, 0.5) is 16.3 Å². The highest BCUT2D eigenvalue weighted by Gasteiger charge is 2.31. The lowest BCUT2D eigenvalue weighted by atomic mass is 9.93. The molecule has 0 spiro atoms. The van der Waals surface area contributed by atoms with Crippen LogP contribution in [0, 0.1) is 12.7 Å². The number of anilines is 2. The zero-order valence-electron chi connectivity index (χ0n) is 20.0. The summed E-state index contributed by atoms with van der Waals surface area (Å²) in [5.74, 6) is 0.730. The summed E-state index contributed by atoms with van der Waals surface area (Å²) in [6, 6.07) is 22.0. The molecule has 0 saturated carbocycles. The molecule has 1 amide bonds. The second-order valence-corrected chi connectivity index (χ2v) is 8.68. The van der Waals surface area contributed by atoms with E-state index in [0.29, 0.717) is 18.1 Å². The maximum Gasteiger partial charge on any atom is 0.250 e. The van der Waals surface area contributed by atoms with Gasteiger partial charge in [-0.05, 0) is 48.7 Å². The van der Waals surface area contributed by atoms with E-state index in [2.05, 4.69) is 45.0 Å². The number of carbonyl (C=O) groups is 1. The van der Waals surface area contributed by atoms with Gasteiger partial charge in [0.05, 0.1) is 19.2 Å². The van der Waals surface area contributed by atoms with Crippen molar-refractivity contribution in [3.8, 4) is 5.75 Å². The van der Waals surface area contributed by atoms with Crippen molar-refractivity contribution in [1.82, 2.24) is 14.8 Å². The number of benzene rings is 3. The van der Waals surface area contributed by atoms with Gasteiger partial charge in [0.25, 0.3) is 11.9 Å². The Balaban J connectivity index is 1.41. The van der Waals surface area contributed by atoms with Crippen molar-refractivity contribution in [1.29, 1.82) is 0 Å². The maximum absolute atomic E-state index is 13.6. The fraction of sp³-hybridized carbons (Fsp3) is 0.179. The molecule has 8 heteroatoms. The first-order valence-corrected chi connectivity index (χ1v) is 11.7. The van der Waals surface area contributed by atoms with E-state index in [-0.39, 0.29) is 29.8 Å². The number of carbonyl (C=O) groups excluding carboxylic acids is 1. The molecule has 2 heterocycles. The Bertz CT molecular complexity index is 1400. The number of amides is 1. The second kappa shape index (κ2) is 10.0. The highest BCUT2D eigenvalue weighted by molar-refractivity contribution is 6.01. The molecule has 2 N–H and O–H groups in total. The van der Waals surface area contributed by atoms with Gasteiger partial charge in [0.1, 0.15) is 11.6 Å². The van der Waals surface area contributed by atoms with Gasteiger partial charge in [-0.3, -0.25) is 10.1 Å². The highest BCUT2D eigenvalue weighted by Crippen LogP contribution is 2.38. The molecule has 3 aromatic carbocycles. The minimum Gasteiger partial charge on any atom is -0.496 e. The van der Waals surface area contributed by atoms with Gasteiger partial charge in [-0.15, -0.1) is 5.10 Å². The number of nitrogens with zero attached hydrogens (tertiary/aromatic N) is 3. The van der Waals surface area contributed by atoms with Crippen LogP contribution in [0.5, 0.6) is 5.75 Å². The summed E-state index contributed by atoms with van der Waals surface area (Å²) >= 11 is 0. The molecule has 0 bridgehead atoms. The lowest BCUT2D eigenvalue weighted by Crippen LogP contribution is -2.28. The van der Waals surface area contributed by atoms with E-state index in [1.54, 1.807) is 30.0 Å². The minimum absolute atomic E-state index is 0.0219. The third kappa shape index (κ3) is 4.98. The van der Waals surface area contributed by atoms with E-state index in [1.807, 2.05) is 31.2 Å². The zero-order chi connectivity index (χ0) is 25.1. The molecule has 1 aliphatic rings. The molecule has 0 radical (unpaired) electrons. The van der Waals surface area contributed by atoms with Crippen molar-refractivity contribution in [2.45, 2.75) is 25.4 Å². The van der Waals surface area contributed by atoms with Crippen LogP contribution in [-0.4, -0.2) is 27.8 Å². The summed E-state index contributed by atoms with van der Waals surface area (Å²) in [6.45, 7) is 2.05. The Morgan fingerprint density at radius 2 is 1.81 bits per heavy atom. The second-order valence-electron chi connectivity index (χ2n) is 8.68. The highest BCUT2D eigenvalue weighted by atomic mass is 19.1. The summed E-state index contributed by atoms with van der Waals surface area (Å²) in [5, 5.41) is 10.7. The molecule has 0 aliphatic carbocycles. The third-order valence-electron chi connectivity index (χ3n) is 6.21. The van der Waals surface area contributed by atoms with Crippen LogP contribution in [0.3, 0.4) is 0 Å². The van der Waals surface area contributed by atoms with Gasteiger partial charge < -0.3 is 10.1 Å². The Labute approximate surface area is 208 Å². The Hall–Kier alpha value is -4.46. The molecule has 0 saturated heterocycles. The van der Waals surface area contributed by atoms with E-state index in [0.717, 1.165) is 16.7 Å². The maximum atomic E-state index is 13.6. The largest absolute Gasteiger partial charge is 0.496 e. The van der Waals surface area contributed by atoms with Crippen molar-refractivity contribution >= 4 is 23.9 Å². The third-order valence-corrected chi connectivity index (χ3v) is 6.21. The minimum atomic E-state index is -0.364. The average molecular weight is 484 g/mol. The van der Waals surface area contributed by atoms with E-state index < -0.39 is 0 Å². The number of aromatic nitrogens is 3. The number of methoxy groups -OCH3 is 1. The van der Waals surface area contributed by atoms with Crippen LogP contribution in [0.25, 0.3) is 6.08 Å². The van der Waals surface area contributed by atoms with Crippen molar-refractivity contribution in [2.24, 2.45) is 0 Å². The van der Waals surface area contributed by atoms with E-state index in [9.17, 15) is 9.18 Å². The van der Waals surface area contributed by atoms with Crippen LogP contribution in [0.1, 0.15) is 40.8 Å². The summed E-state index contributed by atoms with van der Waals surface area (Å²) < 4.78 is 20.7. The first-order chi connectivity index (χ1) is 17.5. The van der Waals surface area contributed by atoms with Gasteiger partial charge in [0.2, 0.25) is 5.95 Å². The van der Waals surface area contributed by atoms with Gasteiger partial charge in [-0.25, -0.2) is 9.07 Å². The normalized spacial score (nSPS) is 16.9. The van der Waals surface area contributed by atoms with Gasteiger partial charge >= 0.3 is 0 Å². The summed E-state index contributed by atoms with van der Waals surface area (Å²) in [7, 11) is 1.58. The fourth-order valence-electron chi connectivity index (χ4n) is 4.33. The van der Waals surface area contributed by atoms with E-state index >= 15 is 0 Å². The molecule has 36 heavy (non-hydrogen) atoms. The molecule has 182 valence electrons. The van der Waals surface area contributed by atoms with Gasteiger partial charge in [-0.1, -0.05) is 60.2 Å². The van der Waals surface area contributed by atoms with Gasteiger partial charge in [0.15, 0.2) is 0 Å². The lowest BCUT2D eigenvalue weighted by Gasteiger charge is -2.31. The number of rotatable bonds is 6. The van der Waals surface area contributed by atoms with Gasteiger partial charge in [-0.2, -0.15) is 4.98 Å². The predicted octanol–water partition coefficient (Wildman–Crippen LogP) is 5.53. The number of halogens is 1. The fourth-order valence-corrected chi connectivity index (χ4v) is 4.33. The number of hydrogen-bond acceptors (Lipinski definition) is 5. The van der Waals surface area contributed by atoms with Crippen LogP contribution in [0.2, 0.25) is 0 Å². The van der Waals surface area contributed by atoms with Gasteiger partial charge in [0, 0.05) is 11.6 Å². The molecule has 0 unspecified atom stereocenters. The molecule has 1 aliphatic heterocycles.